The summed E-state index contributed by atoms with van der Waals surface area (Å²) in [6.45, 7) is 9.83. The van der Waals surface area contributed by atoms with E-state index in [9.17, 15) is 24.0 Å². The highest BCUT2D eigenvalue weighted by Crippen LogP contribution is 2.29. The number of rotatable bonds is 19. The van der Waals surface area contributed by atoms with E-state index in [0.717, 1.165) is 11.1 Å². The number of aryl methyl sites for hydroxylation is 1. The average Bonchev–Trinajstić information content (AvgIpc) is 3.80. The Balaban J connectivity index is 1.81. The third-order valence-electron chi connectivity index (χ3n) is 8.33. The predicted molar refractivity (Wildman–Crippen MR) is 179 cm³/mol. The van der Waals surface area contributed by atoms with Crippen LogP contribution in [0.25, 0.3) is 0 Å². The first-order chi connectivity index (χ1) is 22.3. The number of carbonyl (C=O) groups excluding carboxylic acids is 5. The number of benzene rings is 2. The number of methoxy groups -OCH3 is 1. The standard InChI is InChI=1S/C37H51N3O7/c1-24(2)19-29(33(42)37(5)23-47-37)38-36(45)31(21-27-15-11-8-12-16-27)40-35(44)30(20-25(3)4)39-34(43)28(22-32(41)46-6)18-17-26-13-9-7-10-14-26/h7-16,24-25,28-31H,17-23H2,1-6H3,(H,38,45)(H,39,43)(H,40,44)/t28-,29+,30+,31+,37-/m1/s1. The zero-order chi connectivity index (χ0) is 34.6. The number of ketones is 1. The molecule has 1 heterocycles. The molecule has 1 saturated heterocycles. The summed E-state index contributed by atoms with van der Waals surface area (Å²) in [7, 11) is 1.28. The van der Waals surface area contributed by atoms with Crippen molar-refractivity contribution in [2.45, 2.75) is 96.9 Å². The minimum absolute atomic E-state index is 0.0307. The Morgan fingerprint density at radius 2 is 1.23 bits per heavy atom. The van der Waals surface area contributed by atoms with Crippen LogP contribution in [-0.2, 0) is 46.3 Å². The second kappa shape index (κ2) is 17.8. The van der Waals surface area contributed by atoms with Crippen LogP contribution in [-0.4, -0.2) is 66.9 Å². The van der Waals surface area contributed by atoms with Crippen LogP contribution in [0.5, 0.6) is 0 Å². The van der Waals surface area contributed by atoms with Crippen molar-refractivity contribution < 1.29 is 33.4 Å². The third-order valence-corrected chi connectivity index (χ3v) is 8.33. The first-order valence-electron chi connectivity index (χ1n) is 16.5. The number of nitrogens with one attached hydrogen (secondary N) is 3. The quantitative estimate of drug-likeness (QED) is 0.155. The van der Waals surface area contributed by atoms with Crippen molar-refractivity contribution in [3.63, 3.8) is 0 Å². The van der Waals surface area contributed by atoms with Crippen LogP contribution >= 0.6 is 0 Å². The Morgan fingerprint density at radius 1 is 0.745 bits per heavy atom. The van der Waals surface area contributed by atoms with Gasteiger partial charge in [0.2, 0.25) is 17.7 Å². The normalized spacial score (nSPS) is 18.0. The van der Waals surface area contributed by atoms with Crippen molar-refractivity contribution in [2.24, 2.45) is 17.8 Å². The van der Waals surface area contributed by atoms with Crippen molar-refractivity contribution in [1.29, 1.82) is 0 Å². The van der Waals surface area contributed by atoms with Crippen LogP contribution in [0.4, 0.5) is 0 Å². The lowest BCUT2D eigenvalue weighted by Crippen LogP contribution is -2.58. The summed E-state index contributed by atoms with van der Waals surface area (Å²) < 4.78 is 10.2. The van der Waals surface area contributed by atoms with Crippen LogP contribution < -0.4 is 16.0 Å². The summed E-state index contributed by atoms with van der Waals surface area (Å²) >= 11 is 0. The maximum atomic E-state index is 13.9. The van der Waals surface area contributed by atoms with Gasteiger partial charge in [-0.15, -0.1) is 0 Å². The smallest absolute Gasteiger partial charge is 0.306 e. The van der Waals surface area contributed by atoms with Crippen LogP contribution in [0.2, 0.25) is 0 Å². The zero-order valence-corrected chi connectivity index (χ0v) is 28.5. The van der Waals surface area contributed by atoms with E-state index in [4.69, 9.17) is 9.47 Å². The Bertz CT molecular complexity index is 1340. The monoisotopic (exact) mass is 649 g/mol. The van der Waals surface area contributed by atoms with E-state index >= 15 is 0 Å². The van der Waals surface area contributed by atoms with E-state index in [-0.39, 0.29) is 30.5 Å². The highest BCUT2D eigenvalue weighted by Gasteiger charge is 2.50. The molecule has 47 heavy (non-hydrogen) atoms. The van der Waals surface area contributed by atoms with Gasteiger partial charge in [0.05, 0.1) is 26.2 Å². The fraction of sp³-hybridized carbons (Fsp3) is 0.541. The average molecular weight is 650 g/mol. The first-order valence-corrected chi connectivity index (χ1v) is 16.5. The molecular weight excluding hydrogens is 598 g/mol. The number of carbonyl (C=O) groups is 5. The Hall–Kier alpha value is -4.05. The van der Waals surface area contributed by atoms with Crippen LogP contribution in [0, 0.1) is 17.8 Å². The van der Waals surface area contributed by atoms with Crippen molar-refractivity contribution in [3.8, 4) is 0 Å². The molecule has 1 aliphatic rings. The summed E-state index contributed by atoms with van der Waals surface area (Å²) in [6, 6.07) is 16.2. The van der Waals surface area contributed by atoms with Crippen molar-refractivity contribution in [2.75, 3.05) is 13.7 Å². The van der Waals surface area contributed by atoms with Crippen LogP contribution in [0.15, 0.2) is 60.7 Å². The summed E-state index contributed by atoms with van der Waals surface area (Å²) in [5.74, 6) is -2.72. The van der Waals surface area contributed by atoms with Gasteiger partial charge < -0.3 is 25.4 Å². The molecule has 0 bridgehead atoms. The fourth-order valence-corrected chi connectivity index (χ4v) is 5.51. The van der Waals surface area contributed by atoms with Gasteiger partial charge in [0.1, 0.15) is 17.7 Å². The highest BCUT2D eigenvalue weighted by atomic mass is 16.6. The maximum absolute atomic E-state index is 13.9. The molecular formula is C37H51N3O7. The van der Waals surface area contributed by atoms with E-state index in [1.54, 1.807) is 6.92 Å². The molecule has 0 radical (unpaired) electrons. The van der Waals surface area contributed by atoms with Gasteiger partial charge >= 0.3 is 5.97 Å². The minimum atomic E-state index is -1.02. The maximum Gasteiger partial charge on any atom is 0.306 e. The summed E-state index contributed by atoms with van der Waals surface area (Å²) in [5.41, 5.74) is 0.928. The van der Waals surface area contributed by atoms with Crippen molar-refractivity contribution in [3.05, 3.63) is 71.8 Å². The first kappa shape index (κ1) is 37.4. The third kappa shape index (κ3) is 12.2. The van der Waals surface area contributed by atoms with Gasteiger partial charge in [0, 0.05) is 12.3 Å². The second-order valence-electron chi connectivity index (χ2n) is 13.5. The van der Waals surface area contributed by atoms with Gasteiger partial charge in [-0.05, 0) is 55.6 Å². The minimum Gasteiger partial charge on any atom is -0.469 e. The molecule has 0 saturated carbocycles. The van der Waals surface area contributed by atoms with Gasteiger partial charge in [0.25, 0.3) is 0 Å². The van der Waals surface area contributed by atoms with E-state index < -0.39 is 53.3 Å². The van der Waals surface area contributed by atoms with E-state index in [1.165, 1.54) is 7.11 Å². The number of hydrogen-bond acceptors (Lipinski definition) is 7. The molecule has 1 fully saturated rings. The lowest BCUT2D eigenvalue weighted by molar-refractivity contribution is -0.144. The Labute approximate surface area is 278 Å². The lowest BCUT2D eigenvalue weighted by Gasteiger charge is -2.28. The molecule has 3 amide bonds. The molecule has 0 aliphatic carbocycles. The number of Topliss-reactive ketones (excluding diaryl/α,β-unsaturated/α-hetero) is 1. The van der Waals surface area contributed by atoms with Gasteiger partial charge in [-0.3, -0.25) is 24.0 Å². The second-order valence-corrected chi connectivity index (χ2v) is 13.5. The molecule has 0 unspecified atom stereocenters. The number of ether oxygens (including phenoxy) is 2. The van der Waals surface area contributed by atoms with Gasteiger partial charge in [0.15, 0.2) is 5.78 Å². The van der Waals surface area contributed by atoms with Crippen molar-refractivity contribution >= 4 is 29.5 Å². The van der Waals surface area contributed by atoms with Crippen molar-refractivity contribution in [1.82, 2.24) is 16.0 Å². The molecule has 10 heteroatoms. The number of amides is 3. The SMILES string of the molecule is COC(=O)C[C@@H](CCc1ccccc1)C(=O)N[C@@H](CC(C)C)C(=O)N[C@@H](Cc1ccccc1)C(=O)N[C@@H](CC(C)C)C(=O)[C@@]1(C)CO1. The molecule has 0 spiro atoms. The van der Waals surface area contributed by atoms with Gasteiger partial charge in [-0.2, -0.15) is 0 Å². The predicted octanol–water partition coefficient (Wildman–Crippen LogP) is 3.95. The number of hydrogen-bond donors (Lipinski definition) is 3. The number of esters is 1. The van der Waals surface area contributed by atoms with E-state index in [1.807, 2.05) is 88.4 Å². The number of epoxide rings is 1. The molecule has 2 aromatic carbocycles. The molecule has 2 aromatic rings. The highest BCUT2D eigenvalue weighted by molar-refractivity contribution is 5.98. The Kier molecular flexibility index (Phi) is 14.1. The molecule has 0 aromatic heterocycles. The molecule has 256 valence electrons. The summed E-state index contributed by atoms with van der Waals surface area (Å²) in [4.78, 5) is 66.8. The van der Waals surface area contributed by atoms with Gasteiger partial charge in [-0.1, -0.05) is 88.4 Å². The summed E-state index contributed by atoms with van der Waals surface area (Å²) in [6.07, 6.45) is 1.74. The molecule has 3 N–H and O–H groups in total. The Morgan fingerprint density at radius 3 is 1.77 bits per heavy atom. The van der Waals surface area contributed by atoms with Crippen LogP contribution in [0.3, 0.4) is 0 Å². The lowest BCUT2D eigenvalue weighted by atomic mass is 9.92. The van der Waals surface area contributed by atoms with Crippen LogP contribution in [0.1, 0.15) is 71.4 Å². The molecule has 3 rings (SSSR count). The largest absolute Gasteiger partial charge is 0.469 e. The summed E-state index contributed by atoms with van der Waals surface area (Å²) in [5, 5.41) is 8.65. The molecule has 10 nitrogen and oxygen atoms in total. The van der Waals surface area contributed by atoms with E-state index in [0.29, 0.717) is 32.3 Å². The van der Waals surface area contributed by atoms with E-state index in [2.05, 4.69) is 16.0 Å². The zero-order valence-electron chi connectivity index (χ0n) is 28.5. The van der Waals surface area contributed by atoms with Gasteiger partial charge in [-0.25, -0.2) is 0 Å². The fourth-order valence-electron chi connectivity index (χ4n) is 5.51. The molecule has 1 aliphatic heterocycles. The molecule has 5 atom stereocenters. The topological polar surface area (TPSA) is 143 Å².